The average Bonchev–Trinajstić information content (AvgIpc) is 3.22. The van der Waals surface area contributed by atoms with E-state index in [4.69, 9.17) is 14.2 Å². The molecule has 1 aliphatic heterocycles. The lowest BCUT2D eigenvalue weighted by molar-refractivity contribution is -0.140. The molecule has 0 aromatic heterocycles. The van der Waals surface area contributed by atoms with E-state index in [1.165, 1.54) is 4.90 Å². The minimum atomic E-state index is -0.723. The number of nitrogens with zero attached hydrogens (tertiary/aromatic N) is 1. The Balaban J connectivity index is 1.60. The fraction of sp³-hybridized carbons (Fsp3) is 0.333. The molecular weight excluding hydrogens is 506 g/mol. The minimum Gasteiger partial charge on any atom is -0.507 e. The number of aliphatic hydroxyl groups excluding tert-OH is 1. The second-order valence-corrected chi connectivity index (χ2v) is 9.91. The van der Waals surface area contributed by atoms with Crippen LogP contribution in [-0.2, 0) is 20.9 Å². The van der Waals surface area contributed by atoms with Crippen molar-refractivity contribution in [1.29, 1.82) is 0 Å². The van der Waals surface area contributed by atoms with Gasteiger partial charge >= 0.3 is 0 Å². The summed E-state index contributed by atoms with van der Waals surface area (Å²) in [6.07, 6.45) is 2.55. The topological polar surface area (TPSA) is 85.3 Å². The van der Waals surface area contributed by atoms with Crippen LogP contribution in [0.25, 0.3) is 5.76 Å². The zero-order valence-electron chi connectivity index (χ0n) is 23.4. The van der Waals surface area contributed by atoms with E-state index in [1.54, 1.807) is 31.4 Å². The van der Waals surface area contributed by atoms with Crippen molar-refractivity contribution in [1.82, 2.24) is 4.90 Å². The lowest BCUT2D eigenvalue weighted by Gasteiger charge is -2.25. The van der Waals surface area contributed by atoms with Gasteiger partial charge in [-0.1, -0.05) is 55.3 Å². The van der Waals surface area contributed by atoms with E-state index in [2.05, 4.69) is 13.0 Å². The summed E-state index contributed by atoms with van der Waals surface area (Å²) in [5.74, 6) is -0.207. The third-order valence-electron chi connectivity index (χ3n) is 6.87. The molecule has 40 heavy (non-hydrogen) atoms. The van der Waals surface area contributed by atoms with Crippen molar-refractivity contribution in [3.05, 3.63) is 101 Å². The molecule has 0 spiro atoms. The number of ketones is 1. The Morgan fingerprint density at radius 3 is 2.27 bits per heavy atom. The molecule has 7 nitrogen and oxygen atoms in total. The number of benzene rings is 3. The Labute approximate surface area is 236 Å². The Morgan fingerprint density at radius 2 is 1.60 bits per heavy atom. The highest BCUT2D eigenvalue weighted by Gasteiger charge is 2.45. The van der Waals surface area contributed by atoms with Crippen molar-refractivity contribution < 1.29 is 28.9 Å². The van der Waals surface area contributed by atoms with E-state index < -0.39 is 17.7 Å². The number of ether oxygens (including phenoxy) is 3. The molecule has 1 amide bonds. The van der Waals surface area contributed by atoms with Crippen molar-refractivity contribution in [2.75, 3.05) is 26.9 Å². The molecule has 0 saturated carbocycles. The van der Waals surface area contributed by atoms with Crippen LogP contribution in [0.5, 0.6) is 11.5 Å². The molecule has 1 unspecified atom stereocenters. The number of hydrogen-bond donors (Lipinski definition) is 1. The van der Waals surface area contributed by atoms with Gasteiger partial charge in [-0.05, 0) is 67.3 Å². The van der Waals surface area contributed by atoms with Gasteiger partial charge in [-0.15, -0.1) is 0 Å². The molecule has 7 heteroatoms. The molecule has 0 bridgehead atoms. The number of amides is 1. The number of unbranched alkanes of at least 4 members (excludes halogenated alkanes) is 1. The Hall–Kier alpha value is -4.10. The Kier molecular flexibility index (Phi) is 9.97. The number of rotatable bonds is 13. The summed E-state index contributed by atoms with van der Waals surface area (Å²) in [5.41, 5.74) is 3.44. The molecule has 1 saturated heterocycles. The largest absolute Gasteiger partial charge is 0.507 e. The molecule has 3 aromatic rings. The monoisotopic (exact) mass is 543 g/mol. The van der Waals surface area contributed by atoms with Gasteiger partial charge in [-0.25, -0.2) is 0 Å². The molecule has 0 aliphatic carbocycles. The lowest BCUT2D eigenvalue weighted by Crippen LogP contribution is -2.31. The fourth-order valence-electron chi connectivity index (χ4n) is 4.75. The number of hydrogen-bond acceptors (Lipinski definition) is 6. The first-order valence-corrected chi connectivity index (χ1v) is 13.7. The number of carbonyl (C=O) groups is 2. The highest BCUT2D eigenvalue weighted by molar-refractivity contribution is 6.46. The summed E-state index contributed by atoms with van der Waals surface area (Å²) in [7, 11) is 1.59. The van der Waals surface area contributed by atoms with Crippen LogP contribution in [0, 0.1) is 6.92 Å². The average molecular weight is 544 g/mol. The number of carbonyl (C=O) groups excluding carboxylic acids is 2. The Bertz CT molecular complexity index is 1330. The second kappa shape index (κ2) is 13.8. The molecular formula is C33H37NO6. The highest BCUT2D eigenvalue weighted by atomic mass is 16.5. The molecule has 1 aliphatic rings. The minimum absolute atomic E-state index is 0.0653. The summed E-state index contributed by atoms with van der Waals surface area (Å²) in [4.78, 5) is 27.9. The first kappa shape index (κ1) is 28.9. The van der Waals surface area contributed by atoms with Gasteiger partial charge < -0.3 is 24.2 Å². The summed E-state index contributed by atoms with van der Waals surface area (Å²) in [6, 6.07) is 21.6. The molecule has 3 aromatic carbocycles. The molecule has 1 atom stereocenters. The van der Waals surface area contributed by atoms with E-state index in [-0.39, 0.29) is 11.3 Å². The third kappa shape index (κ3) is 6.90. The van der Waals surface area contributed by atoms with E-state index in [0.717, 1.165) is 35.3 Å². The van der Waals surface area contributed by atoms with Crippen molar-refractivity contribution in [3.63, 3.8) is 0 Å². The molecule has 1 heterocycles. The van der Waals surface area contributed by atoms with Crippen LogP contribution < -0.4 is 9.47 Å². The van der Waals surface area contributed by atoms with Crippen molar-refractivity contribution in [2.24, 2.45) is 0 Å². The van der Waals surface area contributed by atoms with Crippen LogP contribution in [0.1, 0.15) is 54.5 Å². The van der Waals surface area contributed by atoms with Crippen LogP contribution in [0.4, 0.5) is 0 Å². The van der Waals surface area contributed by atoms with Crippen LogP contribution in [0.2, 0.25) is 0 Å². The van der Waals surface area contributed by atoms with Gasteiger partial charge in [0.05, 0.1) is 18.2 Å². The van der Waals surface area contributed by atoms with Gasteiger partial charge in [0, 0.05) is 25.8 Å². The maximum absolute atomic E-state index is 13.3. The summed E-state index contributed by atoms with van der Waals surface area (Å²) in [5, 5.41) is 11.3. The van der Waals surface area contributed by atoms with Crippen LogP contribution >= 0.6 is 0 Å². The fourth-order valence-corrected chi connectivity index (χ4v) is 4.75. The number of Topliss-reactive ketones (excluding diaryl/α,β-unsaturated/α-hetero) is 1. The van der Waals surface area contributed by atoms with Gasteiger partial charge in [0.25, 0.3) is 11.7 Å². The predicted molar refractivity (Wildman–Crippen MR) is 154 cm³/mol. The number of aliphatic hydroxyl groups is 1. The SMILES string of the molecule is CCCCOc1ccc(C2C(=C(O)c3ccc(OCc4cccc(C)c4)cc3)C(=O)C(=O)N2CCCOC)cc1. The third-order valence-corrected chi connectivity index (χ3v) is 6.87. The van der Waals surface area contributed by atoms with Gasteiger partial charge in [0.15, 0.2) is 0 Å². The van der Waals surface area contributed by atoms with Crippen molar-refractivity contribution in [2.45, 2.75) is 45.8 Å². The van der Waals surface area contributed by atoms with Gasteiger partial charge in [-0.3, -0.25) is 9.59 Å². The van der Waals surface area contributed by atoms with Crippen LogP contribution in [-0.4, -0.2) is 48.6 Å². The van der Waals surface area contributed by atoms with E-state index in [9.17, 15) is 14.7 Å². The second-order valence-electron chi connectivity index (χ2n) is 9.91. The summed E-state index contributed by atoms with van der Waals surface area (Å²) >= 11 is 0. The predicted octanol–water partition coefficient (Wildman–Crippen LogP) is 6.21. The zero-order valence-corrected chi connectivity index (χ0v) is 23.4. The summed E-state index contributed by atoms with van der Waals surface area (Å²) < 4.78 is 16.9. The molecule has 1 N–H and O–H groups in total. The maximum atomic E-state index is 13.3. The van der Waals surface area contributed by atoms with Gasteiger partial charge in [0.2, 0.25) is 0 Å². The Morgan fingerprint density at radius 1 is 0.900 bits per heavy atom. The summed E-state index contributed by atoms with van der Waals surface area (Å²) in [6.45, 7) is 5.94. The van der Waals surface area contributed by atoms with Crippen molar-refractivity contribution in [3.8, 4) is 11.5 Å². The molecule has 0 radical (unpaired) electrons. The van der Waals surface area contributed by atoms with Crippen LogP contribution in [0.15, 0.2) is 78.4 Å². The normalized spacial score (nSPS) is 16.4. The molecule has 1 fully saturated rings. The van der Waals surface area contributed by atoms with Gasteiger partial charge in [-0.2, -0.15) is 0 Å². The lowest BCUT2D eigenvalue weighted by atomic mass is 9.95. The van der Waals surface area contributed by atoms with Crippen LogP contribution in [0.3, 0.4) is 0 Å². The quantitative estimate of drug-likeness (QED) is 0.119. The molecule has 210 valence electrons. The number of aryl methyl sites for hydroxylation is 1. The van der Waals surface area contributed by atoms with E-state index in [1.807, 2.05) is 49.4 Å². The maximum Gasteiger partial charge on any atom is 0.295 e. The standard InChI is InChI=1S/C33H37NO6/c1-4-5-20-39-27-14-10-25(11-15-27)30-29(32(36)33(37)34(30)18-7-19-38-3)31(35)26-12-16-28(17-13-26)40-22-24-9-6-8-23(2)21-24/h6,8-17,21,30,35H,4-5,7,18-20,22H2,1-3H3. The van der Waals surface area contributed by atoms with Gasteiger partial charge in [0.1, 0.15) is 23.9 Å². The van der Waals surface area contributed by atoms with Crippen molar-refractivity contribution >= 4 is 17.4 Å². The van der Waals surface area contributed by atoms with E-state index in [0.29, 0.717) is 44.1 Å². The zero-order chi connectivity index (χ0) is 28.5. The highest BCUT2D eigenvalue weighted by Crippen LogP contribution is 2.40. The number of likely N-dealkylation sites (tertiary alicyclic amines) is 1. The molecule has 4 rings (SSSR count). The smallest absolute Gasteiger partial charge is 0.295 e. The van der Waals surface area contributed by atoms with E-state index >= 15 is 0 Å². The first-order valence-electron chi connectivity index (χ1n) is 13.7. The first-order chi connectivity index (χ1) is 19.4. The number of methoxy groups -OCH3 is 1.